The summed E-state index contributed by atoms with van der Waals surface area (Å²) in [5, 5.41) is 11.9. The summed E-state index contributed by atoms with van der Waals surface area (Å²) in [4.78, 5) is 35.5. The van der Waals surface area contributed by atoms with E-state index in [4.69, 9.17) is 14.2 Å². The summed E-state index contributed by atoms with van der Waals surface area (Å²) in [5.41, 5.74) is 1.42. The number of nitrogens with one attached hydrogen (secondary N) is 1. The van der Waals surface area contributed by atoms with Crippen molar-refractivity contribution in [2.24, 2.45) is 0 Å². The van der Waals surface area contributed by atoms with Crippen LogP contribution in [0.3, 0.4) is 0 Å². The van der Waals surface area contributed by atoms with Gasteiger partial charge in [-0.25, -0.2) is 14.4 Å². The number of benzene rings is 2. The predicted molar refractivity (Wildman–Crippen MR) is 126 cm³/mol. The predicted octanol–water partition coefficient (Wildman–Crippen LogP) is 3.87. The Balaban J connectivity index is 1.84. The minimum atomic E-state index is -1.28. The Hall–Kier alpha value is -3.33. The Morgan fingerprint density at radius 1 is 0.970 bits per heavy atom. The number of carbonyl (C=O) groups is 3. The van der Waals surface area contributed by atoms with Crippen LogP contribution in [0.5, 0.6) is 5.75 Å². The molecule has 0 heterocycles. The van der Waals surface area contributed by atoms with Crippen LogP contribution in [0.15, 0.2) is 54.6 Å². The molecule has 1 amide bonds. The number of esters is 1. The second-order valence-electron chi connectivity index (χ2n) is 8.77. The molecule has 2 rings (SSSR count). The fraction of sp³-hybridized carbons (Fsp3) is 0.375. The first kappa shape index (κ1) is 25.9. The molecule has 0 bridgehead atoms. The molecule has 0 radical (unpaired) electrons. The zero-order valence-corrected chi connectivity index (χ0v) is 20.2. The van der Waals surface area contributed by atoms with E-state index in [1.807, 2.05) is 18.2 Å². The third-order valence-electron chi connectivity index (χ3n) is 4.61. The summed E-state index contributed by atoms with van der Waals surface area (Å²) in [6.45, 7) is 6.78. The molecule has 0 spiro atoms. The molecule has 0 aliphatic rings. The van der Waals surface area contributed by atoms with Crippen LogP contribution in [0.25, 0.3) is 0 Å². The van der Waals surface area contributed by atoms with E-state index in [0.29, 0.717) is 17.9 Å². The summed E-state index contributed by atoms with van der Waals surface area (Å²) in [6.07, 6.45) is -0.798. The number of carboxylic acids is 1. The van der Waals surface area contributed by atoms with Crippen molar-refractivity contribution >= 4 is 26.1 Å². The molecule has 8 nitrogen and oxygen atoms in total. The van der Waals surface area contributed by atoms with Gasteiger partial charge < -0.3 is 24.6 Å². The molecule has 0 saturated heterocycles. The van der Waals surface area contributed by atoms with Gasteiger partial charge in [0, 0.05) is 14.5 Å². The molecule has 0 saturated carbocycles. The third kappa shape index (κ3) is 10.7. The maximum Gasteiger partial charge on any atom is 0.408 e. The average molecular weight is 474 g/mol. The van der Waals surface area contributed by atoms with Crippen molar-refractivity contribution in [1.29, 1.82) is 0 Å². The molecule has 9 heteroatoms. The van der Waals surface area contributed by atoms with Crippen LogP contribution in [0, 0.1) is 0 Å². The van der Waals surface area contributed by atoms with Gasteiger partial charge in [0.15, 0.2) is 6.61 Å². The molecule has 178 valence electrons. The number of ether oxygens (including phenoxy) is 3. The number of rotatable bonds is 12. The van der Waals surface area contributed by atoms with Crippen molar-refractivity contribution in [2.75, 3.05) is 13.2 Å². The maximum atomic E-state index is 12.0. The first-order valence-electron chi connectivity index (χ1n) is 10.7. The van der Waals surface area contributed by atoms with Crippen molar-refractivity contribution < 1.29 is 33.7 Å². The molecular formula is C24H31NO7Si. The van der Waals surface area contributed by atoms with Crippen molar-refractivity contribution in [3.05, 3.63) is 65.7 Å². The largest absolute Gasteiger partial charge is 0.482 e. The van der Waals surface area contributed by atoms with Crippen molar-refractivity contribution in [2.45, 2.75) is 44.8 Å². The van der Waals surface area contributed by atoms with E-state index in [9.17, 15) is 19.5 Å². The Morgan fingerprint density at radius 3 is 2.33 bits per heavy atom. The zero-order valence-electron chi connectivity index (χ0n) is 19.2. The Labute approximate surface area is 194 Å². The minimum absolute atomic E-state index is 0.0215. The Kier molecular flexibility index (Phi) is 9.93. The molecule has 0 unspecified atom stereocenters. The van der Waals surface area contributed by atoms with Crippen LogP contribution in [-0.2, 0) is 32.1 Å². The van der Waals surface area contributed by atoms with Crippen molar-refractivity contribution in [3.8, 4) is 5.75 Å². The average Bonchev–Trinajstić information content (AvgIpc) is 2.76. The van der Waals surface area contributed by atoms with Crippen LogP contribution >= 0.6 is 0 Å². The summed E-state index contributed by atoms with van der Waals surface area (Å²) >= 11 is 0. The normalized spacial score (nSPS) is 11.8. The van der Waals surface area contributed by atoms with E-state index in [2.05, 4.69) is 25.0 Å². The number of amides is 1. The Morgan fingerprint density at radius 2 is 1.67 bits per heavy atom. The van der Waals surface area contributed by atoms with Gasteiger partial charge in [0.25, 0.3) is 0 Å². The highest BCUT2D eigenvalue weighted by Crippen LogP contribution is 2.15. The second-order valence-corrected chi connectivity index (χ2v) is 14.4. The fourth-order valence-corrected chi connectivity index (χ4v) is 3.47. The fourth-order valence-electron chi connectivity index (χ4n) is 2.76. The maximum absolute atomic E-state index is 12.0. The lowest BCUT2D eigenvalue weighted by molar-refractivity contribution is -0.145. The SMILES string of the molecule is C[Si](C)(C)CCOC(=O)COc1cccc(C[C@H](NC(=O)OCc2ccccc2)C(=O)O)c1. The van der Waals surface area contributed by atoms with Crippen LogP contribution in [-0.4, -0.2) is 50.5 Å². The first-order valence-corrected chi connectivity index (χ1v) is 14.4. The quantitative estimate of drug-likeness (QED) is 0.356. The molecule has 33 heavy (non-hydrogen) atoms. The van der Waals surface area contributed by atoms with Crippen LogP contribution < -0.4 is 10.1 Å². The molecule has 2 aromatic carbocycles. The van der Waals surface area contributed by atoms with E-state index in [-0.39, 0.29) is 19.6 Å². The number of alkyl carbamates (subject to hydrolysis) is 1. The Bertz CT molecular complexity index is 928. The number of carboxylic acid groups (broad SMARTS) is 1. The third-order valence-corrected chi connectivity index (χ3v) is 6.32. The van der Waals surface area contributed by atoms with E-state index in [1.54, 1.807) is 36.4 Å². The number of carbonyl (C=O) groups excluding carboxylic acids is 2. The molecule has 0 aromatic heterocycles. The zero-order chi connectivity index (χ0) is 24.3. The van der Waals surface area contributed by atoms with Gasteiger partial charge in [0.2, 0.25) is 0 Å². The second kappa shape index (κ2) is 12.6. The van der Waals surface area contributed by atoms with Gasteiger partial charge in [-0.05, 0) is 29.3 Å². The highest BCUT2D eigenvalue weighted by molar-refractivity contribution is 6.76. The molecule has 1 atom stereocenters. The summed E-state index contributed by atoms with van der Waals surface area (Å²) < 4.78 is 15.8. The lowest BCUT2D eigenvalue weighted by Gasteiger charge is -2.16. The topological polar surface area (TPSA) is 111 Å². The van der Waals surface area contributed by atoms with Gasteiger partial charge >= 0.3 is 18.0 Å². The number of aliphatic carboxylic acids is 1. The molecule has 2 aromatic rings. The minimum Gasteiger partial charge on any atom is -0.482 e. The summed E-state index contributed by atoms with van der Waals surface area (Å²) in [7, 11) is -1.28. The van der Waals surface area contributed by atoms with Gasteiger partial charge in [-0.2, -0.15) is 0 Å². The van der Waals surface area contributed by atoms with Gasteiger partial charge in [-0.1, -0.05) is 62.1 Å². The van der Waals surface area contributed by atoms with Gasteiger partial charge in [0.1, 0.15) is 18.4 Å². The van der Waals surface area contributed by atoms with Crippen molar-refractivity contribution in [1.82, 2.24) is 5.32 Å². The molecule has 0 aliphatic carbocycles. The summed E-state index contributed by atoms with van der Waals surface area (Å²) in [5.74, 6) is -1.24. The monoisotopic (exact) mass is 473 g/mol. The van der Waals surface area contributed by atoms with Crippen LogP contribution in [0.1, 0.15) is 11.1 Å². The van der Waals surface area contributed by atoms with E-state index in [1.165, 1.54) is 0 Å². The highest BCUT2D eigenvalue weighted by Gasteiger charge is 2.21. The first-order chi connectivity index (χ1) is 15.6. The van der Waals surface area contributed by atoms with Crippen LogP contribution in [0.2, 0.25) is 25.7 Å². The number of hydrogen-bond donors (Lipinski definition) is 2. The lowest BCUT2D eigenvalue weighted by Crippen LogP contribution is -2.42. The molecule has 2 N–H and O–H groups in total. The molecule has 0 fully saturated rings. The molecular weight excluding hydrogens is 442 g/mol. The van der Waals surface area contributed by atoms with Gasteiger partial charge in [0.05, 0.1) is 6.61 Å². The van der Waals surface area contributed by atoms with E-state index in [0.717, 1.165) is 11.6 Å². The van der Waals surface area contributed by atoms with Crippen molar-refractivity contribution in [3.63, 3.8) is 0 Å². The van der Waals surface area contributed by atoms with Gasteiger partial charge in [-0.15, -0.1) is 0 Å². The van der Waals surface area contributed by atoms with Gasteiger partial charge in [-0.3, -0.25) is 0 Å². The summed E-state index contributed by atoms with van der Waals surface area (Å²) in [6, 6.07) is 15.5. The van der Waals surface area contributed by atoms with E-state index >= 15 is 0 Å². The highest BCUT2D eigenvalue weighted by atomic mass is 28.3. The lowest BCUT2D eigenvalue weighted by atomic mass is 10.1. The van der Waals surface area contributed by atoms with E-state index < -0.39 is 32.1 Å². The smallest absolute Gasteiger partial charge is 0.408 e. The standard InChI is InChI=1S/C24H31NO7Si/c1-33(2,3)13-12-30-22(26)17-31-20-11-7-10-19(14-20)15-21(23(27)28)25-24(29)32-16-18-8-5-4-6-9-18/h4-11,14,21H,12-13,15-17H2,1-3H3,(H,25,29)(H,27,28)/t21-/m0/s1. The number of hydrogen-bond acceptors (Lipinski definition) is 6. The van der Waals surface area contributed by atoms with Crippen LogP contribution in [0.4, 0.5) is 4.79 Å². The molecule has 0 aliphatic heterocycles.